The molecular formula is C22H20N8O2. The van der Waals surface area contributed by atoms with Crippen molar-refractivity contribution in [2.45, 2.75) is 11.2 Å². The number of rotatable bonds is 7. The van der Waals surface area contributed by atoms with E-state index in [1.807, 2.05) is 0 Å². The number of aromatic nitrogens is 8. The van der Waals surface area contributed by atoms with Crippen molar-refractivity contribution in [2.75, 3.05) is 0 Å². The summed E-state index contributed by atoms with van der Waals surface area (Å²) < 4.78 is 0. The van der Waals surface area contributed by atoms with Crippen LogP contribution in [0.1, 0.15) is 40.0 Å². The molecule has 0 unspecified atom stereocenters. The first-order chi connectivity index (χ1) is 15.6. The predicted molar refractivity (Wildman–Crippen MR) is 115 cm³/mol. The van der Waals surface area contributed by atoms with Crippen LogP contribution in [0.2, 0.25) is 0 Å². The lowest BCUT2D eigenvalue weighted by atomic mass is 9.84. The highest BCUT2D eigenvalue weighted by atomic mass is 16.3. The molecule has 160 valence electrons. The van der Waals surface area contributed by atoms with Crippen LogP contribution in [0.25, 0.3) is 6.08 Å². The highest BCUT2D eigenvalue weighted by Gasteiger charge is 2.43. The number of hydrogen-bond acceptors (Lipinski definition) is 6. The molecule has 0 atom stereocenters. The van der Waals surface area contributed by atoms with Gasteiger partial charge in [-0.15, -0.1) is 0 Å². The van der Waals surface area contributed by atoms with Gasteiger partial charge in [-0.2, -0.15) is 0 Å². The molecule has 0 saturated heterocycles. The summed E-state index contributed by atoms with van der Waals surface area (Å²) in [5.74, 6) is 1.05. The monoisotopic (exact) mass is 428 g/mol. The van der Waals surface area contributed by atoms with Crippen LogP contribution in [-0.4, -0.2) is 50.1 Å². The Morgan fingerprint density at radius 2 is 0.969 bits per heavy atom. The van der Waals surface area contributed by atoms with Crippen molar-refractivity contribution in [3.8, 4) is 0 Å². The van der Waals surface area contributed by atoms with E-state index in [2.05, 4.69) is 46.5 Å². The number of nitrogens with zero attached hydrogens (tertiary/aromatic N) is 4. The van der Waals surface area contributed by atoms with Gasteiger partial charge < -0.3 is 30.1 Å². The molecule has 0 saturated carbocycles. The molecule has 10 heteroatoms. The Kier molecular flexibility index (Phi) is 4.58. The van der Waals surface area contributed by atoms with Crippen LogP contribution in [0.4, 0.5) is 0 Å². The highest BCUT2D eigenvalue weighted by molar-refractivity contribution is 5.56. The Labute approximate surface area is 182 Å². The molecule has 10 nitrogen and oxygen atoms in total. The Hall–Kier alpha value is -4.28. The Morgan fingerprint density at radius 3 is 1.22 bits per heavy atom. The normalized spacial score (nSPS) is 12.2. The molecule has 0 amide bonds. The van der Waals surface area contributed by atoms with E-state index in [4.69, 9.17) is 0 Å². The van der Waals surface area contributed by atoms with Gasteiger partial charge in [0.1, 0.15) is 0 Å². The lowest BCUT2D eigenvalue weighted by molar-refractivity contribution is 0.100. The molecule has 0 spiro atoms. The van der Waals surface area contributed by atoms with Gasteiger partial charge >= 0.3 is 0 Å². The van der Waals surface area contributed by atoms with E-state index in [-0.39, 0.29) is 23.3 Å². The van der Waals surface area contributed by atoms with Gasteiger partial charge in [0, 0.05) is 49.6 Å². The van der Waals surface area contributed by atoms with Crippen molar-refractivity contribution < 1.29 is 10.2 Å². The van der Waals surface area contributed by atoms with Crippen molar-refractivity contribution in [3.05, 3.63) is 114 Å². The second kappa shape index (κ2) is 7.45. The average Bonchev–Trinajstić information content (AvgIpc) is 3.64. The van der Waals surface area contributed by atoms with E-state index < -0.39 is 11.2 Å². The van der Waals surface area contributed by atoms with Crippen LogP contribution < -0.4 is 0 Å². The summed E-state index contributed by atoms with van der Waals surface area (Å²) in [5, 5.41) is 23.8. The molecule has 0 fully saturated rings. The molecule has 0 aliphatic rings. The van der Waals surface area contributed by atoms with Crippen LogP contribution in [0.15, 0.2) is 74.4 Å². The fourth-order valence-corrected chi connectivity index (χ4v) is 3.81. The number of nitrogens with one attached hydrogen (secondary N) is 4. The molecule has 32 heavy (non-hydrogen) atoms. The van der Waals surface area contributed by atoms with Crippen LogP contribution in [-0.2, 0) is 11.2 Å². The highest BCUT2D eigenvalue weighted by Crippen LogP contribution is 2.39. The zero-order valence-corrected chi connectivity index (χ0v) is 16.8. The Balaban J connectivity index is 1.79. The maximum absolute atomic E-state index is 11.9. The number of hydrogen-bond donors (Lipinski definition) is 6. The average molecular weight is 428 g/mol. The zero-order valence-electron chi connectivity index (χ0n) is 16.8. The third kappa shape index (κ3) is 2.89. The molecule has 0 radical (unpaired) electrons. The predicted octanol–water partition coefficient (Wildman–Crippen LogP) is 1.79. The molecule has 1 aromatic carbocycles. The van der Waals surface area contributed by atoms with Gasteiger partial charge in [-0.05, 0) is 34.9 Å². The summed E-state index contributed by atoms with van der Waals surface area (Å²) in [5.41, 5.74) is -2.04. The minimum atomic E-state index is -1.76. The summed E-state index contributed by atoms with van der Waals surface area (Å²) >= 11 is 0. The van der Waals surface area contributed by atoms with Crippen molar-refractivity contribution in [2.24, 2.45) is 0 Å². The Bertz CT molecular complexity index is 1140. The fraction of sp³-hybridized carbons (Fsp3) is 0.0909. The van der Waals surface area contributed by atoms with E-state index in [0.717, 1.165) is 0 Å². The molecule has 4 aromatic heterocycles. The molecule has 5 rings (SSSR count). The second-order valence-corrected chi connectivity index (χ2v) is 7.22. The van der Waals surface area contributed by atoms with Gasteiger partial charge in [0.25, 0.3) is 0 Å². The summed E-state index contributed by atoms with van der Waals surface area (Å²) in [7, 11) is 0. The molecule has 5 aromatic rings. The maximum atomic E-state index is 11.9. The standard InChI is InChI=1S/C22H20N8O2/c1-2-14-11-15(21(31,17-23-3-4-24-17)18-25-5-6-26-18)13-16(12-14)22(32,19-27-7-8-28-19)20-29-9-10-30-20/h2-13,31-32H,1H2,(H,23,24)(H,25,26)(H,27,28)(H,29,30). The molecular weight excluding hydrogens is 408 g/mol. The van der Waals surface area contributed by atoms with Gasteiger partial charge in [0.15, 0.2) is 23.3 Å². The maximum Gasteiger partial charge on any atom is 0.205 e. The lowest BCUT2D eigenvalue weighted by Gasteiger charge is -2.29. The van der Waals surface area contributed by atoms with Crippen LogP contribution >= 0.6 is 0 Å². The lowest BCUT2D eigenvalue weighted by Crippen LogP contribution is -2.35. The first-order valence-electron chi connectivity index (χ1n) is 9.79. The van der Waals surface area contributed by atoms with Crippen molar-refractivity contribution in [1.29, 1.82) is 0 Å². The van der Waals surface area contributed by atoms with Crippen molar-refractivity contribution in [3.63, 3.8) is 0 Å². The SMILES string of the molecule is C=Cc1cc(C(O)(c2ncc[nH]2)c2ncc[nH]2)cc(C(O)(c2ncc[nH]2)c2ncc[nH]2)c1. The topological polar surface area (TPSA) is 155 Å². The fourth-order valence-electron chi connectivity index (χ4n) is 3.81. The summed E-state index contributed by atoms with van der Waals surface area (Å²) in [4.78, 5) is 29.0. The minimum Gasteiger partial charge on any atom is -0.371 e. The number of aliphatic hydroxyl groups is 2. The number of aromatic amines is 4. The van der Waals surface area contributed by atoms with Gasteiger partial charge in [-0.25, -0.2) is 19.9 Å². The zero-order chi connectivity index (χ0) is 22.2. The summed E-state index contributed by atoms with van der Waals surface area (Å²) in [6, 6.07) is 5.18. The second-order valence-electron chi connectivity index (χ2n) is 7.22. The van der Waals surface area contributed by atoms with E-state index in [0.29, 0.717) is 16.7 Å². The number of H-pyrrole nitrogens is 4. The van der Waals surface area contributed by atoms with Crippen molar-refractivity contribution in [1.82, 2.24) is 39.9 Å². The van der Waals surface area contributed by atoms with E-state index in [1.54, 1.807) is 73.8 Å². The van der Waals surface area contributed by atoms with E-state index in [9.17, 15) is 10.2 Å². The van der Waals surface area contributed by atoms with Gasteiger partial charge in [0.05, 0.1) is 0 Å². The summed E-state index contributed by atoms with van der Waals surface area (Å²) in [6.45, 7) is 3.87. The van der Waals surface area contributed by atoms with Gasteiger partial charge in [0.2, 0.25) is 11.2 Å². The molecule has 0 bridgehead atoms. The smallest absolute Gasteiger partial charge is 0.205 e. The third-order valence-corrected chi connectivity index (χ3v) is 5.39. The third-order valence-electron chi connectivity index (χ3n) is 5.39. The van der Waals surface area contributed by atoms with Crippen molar-refractivity contribution >= 4 is 6.08 Å². The van der Waals surface area contributed by atoms with Gasteiger partial charge in [-0.1, -0.05) is 12.7 Å². The quantitative estimate of drug-likeness (QED) is 0.232. The number of benzene rings is 1. The first-order valence-corrected chi connectivity index (χ1v) is 9.79. The summed E-state index contributed by atoms with van der Waals surface area (Å²) in [6.07, 6.45) is 14.3. The number of imidazole rings is 4. The Morgan fingerprint density at radius 1 is 0.625 bits per heavy atom. The van der Waals surface area contributed by atoms with Crippen LogP contribution in [0.5, 0.6) is 0 Å². The molecule has 0 aliphatic carbocycles. The minimum absolute atomic E-state index is 0.263. The van der Waals surface area contributed by atoms with Crippen LogP contribution in [0.3, 0.4) is 0 Å². The molecule has 4 heterocycles. The van der Waals surface area contributed by atoms with Gasteiger partial charge in [-0.3, -0.25) is 0 Å². The van der Waals surface area contributed by atoms with Crippen LogP contribution in [0, 0.1) is 0 Å². The van der Waals surface area contributed by atoms with E-state index in [1.165, 1.54) is 0 Å². The van der Waals surface area contributed by atoms with E-state index >= 15 is 0 Å². The molecule has 0 aliphatic heterocycles. The largest absolute Gasteiger partial charge is 0.371 e. The molecule has 6 N–H and O–H groups in total. The first kappa shape index (κ1) is 19.7.